The molecule has 2 heterocycles. The predicted molar refractivity (Wildman–Crippen MR) is 124 cm³/mol. The summed E-state index contributed by atoms with van der Waals surface area (Å²) in [6.45, 7) is 0. The van der Waals surface area contributed by atoms with Gasteiger partial charge in [-0.15, -0.1) is 0 Å². The number of aryl methyl sites for hydroxylation is 1. The van der Waals surface area contributed by atoms with Crippen LogP contribution in [0.5, 0.6) is 5.75 Å². The van der Waals surface area contributed by atoms with Crippen LogP contribution in [0.2, 0.25) is 0 Å². The number of carbonyl (C=O) groups is 1. The summed E-state index contributed by atoms with van der Waals surface area (Å²) in [7, 11) is 5.12. The quantitative estimate of drug-likeness (QED) is 0.341. The molecule has 0 spiro atoms. The highest BCUT2D eigenvalue weighted by molar-refractivity contribution is 9.10. The zero-order valence-electron chi connectivity index (χ0n) is 16.6. The summed E-state index contributed by atoms with van der Waals surface area (Å²) in [5, 5.41) is 4.16. The topological polar surface area (TPSA) is 78.2 Å². The van der Waals surface area contributed by atoms with Gasteiger partial charge in [0.2, 0.25) is 5.91 Å². The molecule has 0 fully saturated rings. The van der Waals surface area contributed by atoms with Crippen molar-refractivity contribution < 1.29 is 9.53 Å². The number of fused-ring (bicyclic) bond motifs is 3. The summed E-state index contributed by atoms with van der Waals surface area (Å²) in [5.41, 5.74) is 2.57. The number of amides is 1. The first-order valence-electron chi connectivity index (χ1n) is 9.10. The van der Waals surface area contributed by atoms with E-state index in [0.29, 0.717) is 27.6 Å². The Kier molecular flexibility index (Phi) is 5.57. The van der Waals surface area contributed by atoms with Gasteiger partial charge in [0.1, 0.15) is 16.8 Å². The Labute approximate surface area is 185 Å². The SMILES string of the molecule is COc1ccc2c(c1)c1nc(SCC(=O)Nc3ccc(Br)cc3)n(C)c(=O)c1n2C. The van der Waals surface area contributed by atoms with E-state index in [1.54, 1.807) is 14.2 Å². The molecule has 154 valence electrons. The van der Waals surface area contributed by atoms with Gasteiger partial charge in [-0.05, 0) is 42.5 Å². The minimum atomic E-state index is -0.170. The number of halogens is 1. The van der Waals surface area contributed by atoms with Crippen molar-refractivity contribution in [1.82, 2.24) is 14.1 Å². The maximum Gasteiger partial charge on any atom is 0.278 e. The Morgan fingerprint density at radius 3 is 2.60 bits per heavy atom. The molecule has 1 amide bonds. The van der Waals surface area contributed by atoms with Gasteiger partial charge in [0.25, 0.3) is 5.56 Å². The molecule has 9 heteroatoms. The maximum absolute atomic E-state index is 13.0. The summed E-state index contributed by atoms with van der Waals surface area (Å²) in [5.74, 6) is 0.660. The molecule has 2 aromatic carbocycles. The van der Waals surface area contributed by atoms with E-state index < -0.39 is 0 Å². The normalized spacial score (nSPS) is 11.2. The van der Waals surface area contributed by atoms with Gasteiger partial charge in [0, 0.05) is 29.6 Å². The van der Waals surface area contributed by atoms with Crippen LogP contribution in [0.15, 0.2) is 56.9 Å². The first-order chi connectivity index (χ1) is 14.4. The van der Waals surface area contributed by atoms with Crippen LogP contribution in [0.25, 0.3) is 21.9 Å². The molecule has 0 aliphatic rings. The number of anilines is 1. The van der Waals surface area contributed by atoms with E-state index in [-0.39, 0.29) is 17.2 Å². The lowest BCUT2D eigenvalue weighted by Gasteiger charge is -2.08. The Balaban J connectivity index is 1.66. The van der Waals surface area contributed by atoms with Crippen molar-refractivity contribution >= 4 is 61.2 Å². The molecule has 1 N–H and O–H groups in total. The van der Waals surface area contributed by atoms with Gasteiger partial charge in [-0.2, -0.15) is 0 Å². The average Bonchev–Trinajstić information content (AvgIpc) is 3.02. The highest BCUT2D eigenvalue weighted by atomic mass is 79.9. The fourth-order valence-electron chi connectivity index (χ4n) is 3.29. The third-order valence-corrected chi connectivity index (χ3v) is 6.40. The molecule has 0 saturated carbocycles. The second kappa shape index (κ2) is 8.16. The number of hydrogen-bond donors (Lipinski definition) is 1. The van der Waals surface area contributed by atoms with Crippen molar-refractivity contribution in [2.24, 2.45) is 14.1 Å². The zero-order valence-corrected chi connectivity index (χ0v) is 19.0. The van der Waals surface area contributed by atoms with E-state index in [9.17, 15) is 9.59 Å². The molecular formula is C21H19BrN4O3S. The number of carbonyl (C=O) groups excluding carboxylic acids is 1. The molecule has 2 aromatic heterocycles. The number of thioether (sulfide) groups is 1. The Morgan fingerprint density at radius 1 is 1.17 bits per heavy atom. The molecule has 4 aromatic rings. The van der Waals surface area contributed by atoms with Crippen molar-refractivity contribution in [3.63, 3.8) is 0 Å². The number of hydrogen-bond acceptors (Lipinski definition) is 5. The Morgan fingerprint density at radius 2 is 1.90 bits per heavy atom. The van der Waals surface area contributed by atoms with Crippen molar-refractivity contribution in [1.29, 1.82) is 0 Å². The van der Waals surface area contributed by atoms with E-state index in [1.165, 1.54) is 16.3 Å². The van der Waals surface area contributed by atoms with E-state index in [0.717, 1.165) is 15.4 Å². The van der Waals surface area contributed by atoms with E-state index in [4.69, 9.17) is 9.72 Å². The minimum absolute atomic E-state index is 0.135. The summed E-state index contributed by atoms with van der Waals surface area (Å²) >= 11 is 4.59. The standard InChI is InChI=1S/C21H19BrN4O3S/c1-25-16-9-8-14(29-3)10-15(16)18-19(25)20(28)26(2)21(24-18)30-11-17(27)23-13-6-4-12(22)5-7-13/h4-10H,11H2,1-3H3,(H,23,27). The molecular weight excluding hydrogens is 468 g/mol. The third kappa shape index (κ3) is 3.70. The predicted octanol–water partition coefficient (Wildman–Crippen LogP) is 3.93. The number of rotatable bonds is 5. The van der Waals surface area contributed by atoms with Crippen LogP contribution >= 0.6 is 27.7 Å². The smallest absolute Gasteiger partial charge is 0.278 e. The summed E-state index contributed by atoms with van der Waals surface area (Å²) < 4.78 is 9.59. The van der Waals surface area contributed by atoms with Gasteiger partial charge in [-0.25, -0.2) is 4.98 Å². The maximum atomic E-state index is 13.0. The number of methoxy groups -OCH3 is 1. The Hall–Kier alpha value is -2.78. The van der Waals surface area contributed by atoms with Crippen LogP contribution in [0, 0.1) is 0 Å². The van der Waals surface area contributed by atoms with Gasteiger partial charge in [-0.1, -0.05) is 27.7 Å². The second-order valence-electron chi connectivity index (χ2n) is 6.74. The molecule has 30 heavy (non-hydrogen) atoms. The molecule has 0 aliphatic carbocycles. The van der Waals surface area contributed by atoms with Crippen molar-refractivity contribution in [3.8, 4) is 5.75 Å². The fraction of sp³-hybridized carbons (Fsp3) is 0.190. The van der Waals surface area contributed by atoms with Crippen LogP contribution in [0.3, 0.4) is 0 Å². The summed E-state index contributed by atoms with van der Waals surface area (Å²) in [6.07, 6.45) is 0. The van der Waals surface area contributed by atoms with Gasteiger partial charge >= 0.3 is 0 Å². The number of aromatic nitrogens is 3. The zero-order chi connectivity index (χ0) is 21.4. The molecule has 0 atom stereocenters. The molecule has 0 bridgehead atoms. The third-order valence-electron chi connectivity index (χ3n) is 4.84. The minimum Gasteiger partial charge on any atom is -0.497 e. The first-order valence-corrected chi connectivity index (χ1v) is 10.9. The van der Waals surface area contributed by atoms with Gasteiger partial charge in [0.15, 0.2) is 5.16 Å². The molecule has 0 aliphatic heterocycles. The number of nitrogens with one attached hydrogen (secondary N) is 1. The molecule has 4 rings (SSSR count). The molecule has 0 radical (unpaired) electrons. The van der Waals surface area contributed by atoms with Crippen LogP contribution in [0.1, 0.15) is 0 Å². The lowest BCUT2D eigenvalue weighted by Crippen LogP contribution is -2.22. The highest BCUT2D eigenvalue weighted by Gasteiger charge is 2.18. The van der Waals surface area contributed by atoms with Crippen LogP contribution in [-0.4, -0.2) is 32.9 Å². The van der Waals surface area contributed by atoms with E-state index >= 15 is 0 Å². The second-order valence-corrected chi connectivity index (χ2v) is 8.60. The van der Waals surface area contributed by atoms with Crippen LogP contribution in [-0.2, 0) is 18.9 Å². The molecule has 0 saturated heterocycles. The van der Waals surface area contributed by atoms with E-state index in [1.807, 2.05) is 54.1 Å². The first kappa shape index (κ1) is 20.5. The monoisotopic (exact) mass is 486 g/mol. The van der Waals surface area contributed by atoms with Crippen molar-refractivity contribution in [3.05, 3.63) is 57.3 Å². The highest BCUT2D eigenvalue weighted by Crippen LogP contribution is 2.29. The van der Waals surface area contributed by atoms with E-state index in [2.05, 4.69) is 21.2 Å². The number of nitrogens with zero attached hydrogens (tertiary/aromatic N) is 3. The number of benzene rings is 2. The van der Waals surface area contributed by atoms with Gasteiger partial charge in [0.05, 0.1) is 18.4 Å². The van der Waals surface area contributed by atoms with Gasteiger partial charge < -0.3 is 14.6 Å². The lowest BCUT2D eigenvalue weighted by atomic mass is 10.2. The summed E-state index contributed by atoms with van der Waals surface area (Å²) in [6, 6.07) is 13.0. The summed E-state index contributed by atoms with van der Waals surface area (Å²) in [4.78, 5) is 30.1. The number of ether oxygens (including phenoxy) is 1. The fourth-order valence-corrected chi connectivity index (χ4v) is 4.32. The molecule has 7 nitrogen and oxygen atoms in total. The average molecular weight is 487 g/mol. The largest absolute Gasteiger partial charge is 0.497 e. The van der Waals surface area contributed by atoms with Crippen molar-refractivity contribution in [2.75, 3.05) is 18.2 Å². The van der Waals surface area contributed by atoms with Crippen LogP contribution in [0.4, 0.5) is 5.69 Å². The molecule has 0 unspecified atom stereocenters. The van der Waals surface area contributed by atoms with Crippen molar-refractivity contribution in [2.45, 2.75) is 5.16 Å². The lowest BCUT2D eigenvalue weighted by molar-refractivity contribution is -0.113. The van der Waals surface area contributed by atoms with Crippen LogP contribution < -0.4 is 15.6 Å². The Bertz CT molecular complexity index is 1330. The van der Waals surface area contributed by atoms with Gasteiger partial charge in [-0.3, -0.25) is 14.2 Å².